The van der Waals surface area contributed by atoms with Gasteiger partial charge in [-0.15, -0.1) is 0 Å². The van der Waals surface area contributed by atoms with Gasteiger partial charge in [-0.1, -0.05) is 0 Å². The zero-order valence-corrected chi connectivity index (χ0v) is 18.8. The van der Waals surface area contributed by atoms with Gasteiger partial charge in [-0.3, -0.25) is 4.99 Å². The molecule has 0 rings (SSSR count). The molecule has 0 bridgehead atoms. The molecular weight excluding hydrogens is 362 g/mol. The van der Waals surface area contributed by atoms with Crippen LogP contribution in [-0.2, 0) is 9.47 Å². The van der Waals surface area contributed by atoms with E-state index in [1.807, 2.05) is 48.5 Å². The molecule has 0 aromatic carbocycles. The Morgan fingerprint density at radius 1 is 0.893 bits per heavy atom. The van der Waals surface area contributed by atoms with E-state index in [-0.39, 0.29) is 6.09 Å². The molecule has 9 heteroatoms. The maximum atomic E-state index is 12.1. The van der Waals surface area contributed by atoms with E-state index in [9.17, 15) is 9.59 Å². The number of nitrogens with zero attached hydrogens (tertiary/aromatic N) is 2. The summed E-state index contributed by atoms with van der Waals surface area (Å²) in [6.45, 7) is 15.7. The van der Waals surface area contributed by atoms with E-state index in [4.69, 9.17) is 9.47 Å². The Morgan fingerprint density at radius 2 is 1.43 bits per heavy atom. The number of ether oxygens (including phenoxy) is 2. The topological polar surface area (TPSA) is 104 Å². The molecule has 0 aliphatic rings. The van der Waals surface area contributed by atoms with Crippen molar-refractivity contribution < 1.29 is 19.1 Å². The second-order valence-corrected chi connectivity index (χ2v) is 8.27. The van der Waals surface area contributed by atoms with Crippen LogP contribution in [0.3, 0.4) is 0 Å². The first kappa shape index (κ1) is 25.8. The monoisotopic (exact) mass is 401 g/mol. The summed E-state index contributed by atoms with van der Waals surface area (Å²) >= 11 is 0. The van der Waals surface area contributed by atoms with E-state index in [0.717, 1.165) is 6.42 Å². The highest BCUT2D eigenvalue weighted by Gasteiger charge is 2.20. The highest BCUT2D eigenvalue weighted by Crippen LogP contribution is 2.09. The maximum absolute atomic E-state index is 12.1. The molecule has 0 fully saturated rings. The van der Waals surface area contributed by atoms with Gasteiger partial charge in [-0.2, -0.15) is 0 Å². The van der Waals surface area contributed by atoms with Crippen molar-refractivity contribution in [2.75, 3.05) is 39.8 Å². The van der Waals surface area contributed by atoms with E-state index in [1.54, 1.807) is 11.9 Å². The number of carbonyl (C=O) groups is 2. The van der Waals surface area contributed by atoms with Crippen molar-refractivity contribution >= 4 is 18.1 Å². The summed E-state index contributed by atoms with van der Waals surface area (Å²) in [5, 5.41) is 9.03. The molecule has 0 saturated heterocycles. The number of guanidine groups is 1. The van der Waals surface area contributed by atoms with E-state index in [0.29, 0.717) is 38.7 Å². The van der Waals surface area contributed by atoms with Crippen LogP contribution in [0.15, 0.2) is 4.99 Å². The van der Waals surface area contributed by atoms with Gasteiger partial charge in [0.1, 0.15) is 11.2 Å². The van der Waals surface area contributed by atoms with Crippen LogP contribution in [-0.4, -0.2) is 74.0 Å². The summed E-state index contributed by atoms with van der Waals surface area (Å²) in [6.07, 6.45) is -0.0244. The number of rotatable bonds is 8. The van der Waals surface area contributed by atoms with Gasteiger partial charge in [-0.25, -0.2) is 9.59 Å². The number of alkyl carbamates (subject to hydrolysis) is 1. The Bertz CT molecular complexity index is 509. The molecule has 0 saturated carbocycles. The van der Waals surface area contributed by atoms with Gasteiger partial charge in [0, 0.05) is 39.8 Å². The lowest BCUT2D eigenvalue weighted by Gasteiger charge is -2.26. The molecule has 0 aliphatic heterocycles. The van der Waals surface area contributed by atoms with Gasteiger partial charge in [0.25, 0.3) is 0 Å². The van der Waals surface area contributed by atoms with E-state index in [1.165, 1.54) is 0 Å². The summed E-state index contributed by atoms with van der Waals surface area (Å²) in [5.74, 6) is 0.637. The lowest BCUT2D eigenvalue weighted by Crippen LogP contribution is -2.44. The van der Waals surface area contributed by atoms with Gasteiger partial charge in [-0.05, 0) is 54.9 Å². The van der Waals surface area contributed by atoms with Gasteiger partial charge >= 0.3 is 12.2 Å². The lowest BCUT2D eigenvalue weighted by atomic mass is 10.2. The smallest absolute Gasteiger partial charge is 0.410 e. The highest BCUT2D eigenvalue weighted by molar-refractivity contribution is 5.79. The van der Waals surface area contributed by atoms with Gasteiger partial charge in [0.05, 0.1) is 0 Å². The summed E-state index contributed by atoms with van der Waals surface area (Å²) in [7, 11) is 1.68. The minimum atomic E-state index is -0.511. The second kappa shape index (κ2) is 12.3. The molecule has 9 nitrogen and oxygen atoms in total. The summed E-state index contributed by atoms with van der Waals surface area (Å²) in [5.41, 5.74) is -1.01. The quantitative estimate of drug-likeness (QED) is 0.328. The van der Waals surface area contributed by atoms with Crippen molar-refractivity contribution in [1.82, 2.24) is 20.9 Å². The van der Waals surface area contributed by atoms with Crippen molar-refractivity contribution in [3.63, 3.8) is 0 Å². The van der Waals surface area contributed by atoms with Crippen molar-refractivity contribution in [3.8, 4) is 0 Å². The van der Waals surface area contributed by atoms with Gasteiger partial charge in [0.2, 0.25) is 0 Å². The van der Waals surface area contributed by atoms with Crippen LogP contribution in [0.2, 0.25) is 0 Å². The first-order valence-electron chi connectivity index (χ1n) is 9.77. The molecule has 0 atom stereocenters. The van der Waals surface area contributed by atoms with Crippen LogP contribution in [0.4, 0.5) is 9.59 Å². The van der Waals surface area contributed by atoms with Gasteiger partial charge in [0.15, 0.2) is 5.96 Å². The predicted molar refractivity (Wildman–Crippen MR) is 112 cm³/mol. The molecule has 0 aromatic rings. The standard InChI is InChI=1S/C19H39N5O4/c1-9-24(17(26)28-19(5,6)7)14-13-22-15(20-8)21-11-10-12-23-16(25)27-18(2,3)4/h9-14H2,1-8H3,(H,23,25)(H2,20,21,22). The Morgan fingerprint density at radius 3 is 1.93 bits per heavy atom. The first-order valence-corrected chi connectivity index (χ1v) is 9.77. The van der Waals surface area contributed by atoms with E-state index < -0.39 is 17.3 Å². The molecule has 0 spiro atoms. The van der Waals surface area contributed by atoms with Crippen LogP contribution < -0.4 is 16.0 Å². The first-order chi connectivity index (χ1) is 12.9. The van der Waals surface area contributed by atoms with Crippen LogP contribution in [0.1, 0.15) is 54.9 Å². The van der Waals surface area contributed by atoms with Crippen LogP contribution in [0.25, 0.3) is 0 Å². The number of hydrogen-bond acceptors (Lipinski definition) is 5. The van der Waals surface area contributed by atoms with E-state index in [2.05, 4.69) is 20.9 Å². The third kappa shape index (κ3) is 13.9. The molecule has 2 amide bonds. The molecule has 0 aromatic heterocycles. The average Bonchev–Trinajstić information content (AvgIpc) is 2.53. The third-order valence-electron chi connectivity index (χ3n) is 3.25. The molecule has 0 aliphatic carbocycles. The Balaban J connectivity index is 4.07. The molecule has 0 radical (unpaired) electrons. The van der Waals surface area contributed by atoms with Crippen molar-refractivity contribution in [2.24, 2.45) is 4.99 Å². The Hall–Kier alpha value is -2.19. The maximum Gasteiger partial charge on any atom is 0.410 e. The number of amides is 2. The molecule has 0 heterocycles. The van der Waals surface area contributed by atoms with E-state index >= 15 is 0 Å². The fraction of sp³-hybridized carbons (Fsp3) is 0.842. The number of nitrogens with one attached hydrogen (secondary N) is 3. The Kier molecular flexibility index (Phi) is 11.3. The summed E-state index contributed by atoms with van der Waals surface area (Å²) in [4.78, 5) is 29.4. The van der Waals surface area contributed by atoms with Gasteiger partial charge < -0.3 is 30.3 Å². The molecule has 28 heavy (non-hydrogen) atoms. The molecule has 0 unspecified atom stereocenters. The van der Waals surface area contributed by atoms with Crippen molar-refractivity contribution in [1.29, 1.82) is 0 Å². The fourth-order valence-electron chi connectivity index (χ4n) is 2.03. The van der Waals surface area contributed by atoms with Crippen molar-refractivity contribution in [3.05, 3.63) is 0 Å². The zero-order chi connectivity index (χ0) is 21.8. The zero-order valence-electron chi connectivity index (χ0n) is 18.8. The fourth-order valence-corrected chi connectivity index (χ4v) is 2.03. The number of hydrogen-bond donors (Lipinski definition) is 3. The summed E-state index contributed by atoms with van der Waals surface area (Å²) in [6, 6.07) is 0. The number of aliphatic imine (C=N–C) groups is 1. The molecule has 164 valence electrons. The average molecular weight is 402 g/mol. The molecular formula is C19H39N5O4. The highest BCUT2D eigenvalue weighted by atomic mass is 16.6. The minimum Gasteiger partial charge on any atom is -0.444 e. The molecule has 3 N–H and O–H groups in total. The lowest BCUT2D eigenvalue weighted by molar-refractivity contribution is 0.0263. The largest absolute Gasteiger partial charge is 0.444 e. The Labute approximate surface area is 169 Å². The summed E-state index contributed by atoms with van der Waals surface area (Å²) < 4.78 is 10.6. The number of likely N-dealkylation sites (N-methyl/N-ethyl adjacent to an activating group) is 1. The number of carbonyl (C=O) groups excluding carboxylic acids is 2. The van der Waals surface area contributed by atoms with Crippen molar-refractivity contribution in [2.45, 2.75) is 66.1 Å². The predicted octanol–water partition coefficient (Wildman–Crippen LogP) is 2.32. The normalized spacial score (nSPS) is 12.2. The van der Waals surface area contributed by atoms with Crippen LogP contribution >= 0.6 is 0 Å². The SMILES string of the molecule is CCN(CCNC(=NC)NCCCNC(=O)OC(C)(C)C)C(=O)OC(C)(C)C. The van der Waals surface area contributed by atoms with Crippen LogP contribution in [0, 0.1) is 0 Å². The third-order valence-corrected chi connectivity index (χ3v) is 3.25. The van der Waals surface area contributed by atoms with Crippen LogP contribution in [0.5, 0.6) is 0 Å². The second-order valence-electron chi connectivity index (χ2n) is 8.27. The minimum absolute atomic E-state index is 0.326.